The van der Waals surface area contributed by atoms with Gasteiger partial charge in [-0.1, -0.05) is 11.2 Å². The van der Waals surface area contributed by atoms with Crippen LogP contribution in [0.25, 0.3) is 0 Å². The molecule has 0 atom stereocenters. The lowest BCUT2D eigenvalue weighted by molar-refractivity contribution is -0.384. The third kappa shape index (κ3) is 2.72. The van der Waals surface area contributed by atoms with Gasteiger partial charge in [0.25, 0.3) is 5.91 Å². The molecule has 0 aliphatic heterocycles. The zero-order valence-electron chi connectivity index (χ0n) is 10.2. The van der Waals surface area contributed by atoms with Crippen LogP contribution in [0.4, 0.5) is 11.4 Å². The van der Waals surface area contributed by atoms with Crippen molar-refractivity contribution in [3.8, 4) is 0 Å². The Morgan fingerprint density at radius 1 is 1.45 bits per heavy atom. The van der Waals surface area contributed by atoms with Crippen molar-refractivity contribution in [1.82, 2.24) is 10.5 Å². The number of nitro benzene ring substituents is 1. The first-order chi connectivity index (χ1) is 9.63. The molecule has 104 valence electrons. The van der Waals surface area contributed by atoms with E-state index in [2.05, 4.69) is 20.4 Å². The number of carbonyl (C=O) groups is 1. The van der Waals surface area contributed by atoms with Gasteiger partial charge < -0.3 is 15.3 Å². The number of nitrogen functional groups attached to an aromatic ring is 1. The van der Waals surface area contributed by atoms with Gasteiger partial charge in [-0.2, -0.15) is 0 Å². The fourth-order valence-corrected chi connectivity index (χ4v) is 1.63. The molecule has 1 aromatic heterocycles. The number of hydrogen-bond acceptors (Lipinski definition) is 7. The normalized spacial score (nSPS) is 10.1. The number of nitrogens with zero attached hydrogens (tertiary/aromatic N) is 2. The van der Waals surface area contributed by atoms with E-state index in [0.29, 0.717) is 5.69 Å². The molecule has 0 radical (unpaired) electrons. The van der Waals surface area contributed by atoms with Gasteiger partial charge in [-0.3, -0.25) is 20.8 Å². The summed E-state index contributed by atoms with van der Waals surface area (Å²) in [6, 6.07) is 5.82. The second-order valence-corrected chi connectivity index (χ2v) is 3.78. The molecule has 9 nitrogen and oxygen atoms in total. The largest absolute Gasteiger partial charge is 0.364 e. The van der Waals surface area contributed by atoms with E-state index in [4.69, 9.17) is 5.84 Å². The number of nitro groups is 1. The Labute approximate surface area is 112 Å². The van der Waals surface area contributed by atoms with Crippen molar-refractivity contribution in [3.63, 3.8) is 0 Å². The molecular formula is C11H11N5O4. The summed E-state index contributed by atoms with van der Waals surface area (Å²) in [5.74, 6) is 4.60. The zero-order chi connectivity index (χ0) is 14.5. The minimum absolute atomic E-state index is 0.0593. The van der Waals surface area contributed by atoms with Gasteiger partial charge in [0, 0.05) is 6.07 Å². The SMILES string of the molecule is NNc1cccc(C(=O)NCc2ccon2)c1[N+](=O)[O-]. The fraction of sp³-hybridized carbons (Fsp3) is 0.0909. The Hall–Kier alpha value is -2.94. The number of aromatic nitrogens is 1. The zero-order valence-corrected chi connectivity index (χ0v) is 10.2. The average molecular weight is 277 g/mol. The molecule has 0 saturated heterocycles. The highest BCUT2D eigenvalue weighted by molar-refractivity contribution is 6.00. The van der Waals surface area contributed by atoms with E-state index in [9.17, 15) is 14.9 Å². The van der Waals surface area contributed by atoms with Crippen molar-refractivity contribution in [2.45, 2.75) is 6.54 Å². The molecule has 0 aliphatic carbocycles. The van der Waals surface area contributed by atoms with Gasteiger partial charge in [0.05, 0.1) is 11.5 Å². The molecule has 0 saturated carbocycles. The van der Waals surface area contributed by atoms with E-state index >= 15 is 0 Å². The number of para-hydroxylation sites is 1. The van der Waals surface area contributed by atoms with Crippen molar-refractivity contribution >= 4 is 17.3 Å². The summed E-state index contributed by atoms with van der Waals surface area (Å²) in [6.45, 7) is 0.104. The van der Waals surface area contributed by atoms with Gasteiger partial charge in [-0.05, 0) is 12.1 Å². The molecule has 0 bridgehead atoms. The molecule has 1 amide bonds. The Balaban J connectivity index is 2.23. The second-order valence-electron chi connectivity index (χ2n) is 3.78. The van der Waals surface area contributed by atoms with E-state index in [1.54, 1.807) is 6.07 Å². The van der Waals surface area contributed by atoms with Crippen molar-refractivity contribution in [1.29, 1.82) is 0 Å². The Morgan fingerprint density at radius 3 is 2.85 bits per heavy atom. The maximum absolute atomic E-state index is 12.0. The molecule has 9 heteroatoms. The van der Waals surface area contributed by atoms with Crippen LogP contribution in [0.5, 0.6) is 0 Å². The third-order valence-electron chi connectivity index (χ3n) is 2.54. The molecule has 1 aromatic carbocycles. The van der Waals surface area contributed by atoms with E-state index in [-0.39, 0.29) is 23.5 Å². The van der Waals surface area contributed by atoms with E-state index in [1.165, 1.54) is 24.5 Å². The molecular weight excluding hydrogens is 266 g/mol. The summed E-state index contributed by atoms with van der Waals surface area (Å²) in [5.41, 5.74) is 2.29. The Morgan fingerprint density at radius 2 is 2.25 bits per heavy atom. The van der Waals surface area contributed by atoms with Crippen LogP contribution in [-0.4, -0.2) is 16.0 Å². The first kappa shape index (κ1) is 13.5. The number of rotatable bonds is 5. The van der Waals surface area contributed by atoms with Crippen LogP contribution in [0.3, 0.4) is 0 Å². The smallest absolute Gasteiger partial charge is 0.306 e. The molecule has 2 aromatic rings. The first-order valence-corrected chi connectivity index (χ1v) is 5.55. The minimum Gasteiger partial charge on any atom is -0.364 e. The highest BCUT2D eigenvalue weighted by atomic mass is 16.6. The lowest BCUT2D eigenvalue weighted by atomic mass is 10.1. The summed E-state index contributed by atoms with van der Waals surface area (Å²) >= 11 is 0. The predicted octanol–water partition coefficient (Wildman–Crippen LogP) is 0.798. The summed E-state index contributed by atoms with van der Waals surface area (Å²) in [5, 5.41) is 17.2. The van der Waals surface area contributed by atoms with Crippen LogP contribution in [0.2, 0.25) is 0 Å². The summed E-state index contributed by atoms with van der Waals surface area (Å²) < 4.78 is 4.61. The Bertz CT molecular complexity index is 626. The monoisotopic (exact) mass is 277 g/mol. The highest BCUT2D eigenvalue weighted by Crippen LogP contribution is 2.27. The number of carbonyl (C=O) groups excluding carboxylic acids is 1. The third-order valence-corrected chi connectivity index (χ3v) is 2.54. The van der Waals surface area contributed by atoms with E-state index < -0.39 is 10.8 Å². The summed E-state index contributed by atoms with van der Waals surface area (Å²) in [4.78, 5) is 22.4. The topological polar surface area (TPSA) is 136 Å². The van der Waals surface area contributed by atoms with Gasteiger partial charge in [0.1, 0.15) is 23.2 Å². The standard InChI is InChI=1S/C11H11N5O4/c12-14-9-3-1-2-8(10(9)16(18)19)11(17)13-6-7-4-5-20-15-7/h1-5,14H,6,12H2,(H,13,17). The van der Waals surface area contributed by atoms with Crippen LogP contribution < -0.4 is 16.6 Å². The lowest BCUT2D eigenvalue weighted by Gasteiger charge is -2.07. The maximum atomic E-state index is 12.0. The van der Waals surface area contributed by atoms with Gasteiger partial charge in [0.15, 0.2) is 0 Å². The van der Waals surface area contributed by atoms with Gasteiger partial charge >= 0.3 is 5.69 Å². The summed E-state index contributed by atoms with van der Waals surface area (Å²) in [7, 11) is 0. The number of nitrogens with two attached hydrogens (primary N) is 1. The van der Waals surface area contributed by atoms with Crippen LogP contribution in [0.1, 0.15) is 16.1 Å². The Kier molecular flexibility index (Phi) is 3.91. The number of hydrogen-bond donors (Lipinski definition) is 3. The molecule has 2 rings (SSSR count). The van der Waals surface area contributed by atoms with E-state index in [1.807, 2.05) is 0 Å². The number of benzene rings is 1. The van der Waals surface area contributed by atoms with Crippen molar-refractivity contribution in [2.75, 3.05) is 5.43 Å². The molecule has 4 N–H and O–H groups in total. The van der Waals surface area contributed by atoms with Crippen LogP contribution in [0.15, 0.2) is 35.1 Å². The lowest BCUT2D eigenvalue weighted by Crippen LogP contribution is -2.24. The maximum Gasteiger partial charge on any atom is 0.306 e. The average Bonchev–Trinajstić information content (AvgIpc) is 2.96. The van der Waals surface area contributed by atoms with Crippen LogP contribution in [-0.2, 0) is 6.54 Å². The number of nitrogens with one attached hydrogen (secondary N) is 2. The molecule has 0 aliphatic rings. The first-order valence-electron chi connectivity index (χ1n) is 5.55. The van der Waals surface area contributed by atoms with E-state index in [0.717, 1.165) is 0 Å². The summed E-state index contributed by atoms with van der Waals surface area (Å²) in [6.07, 6.45) is 1.36. The van der Waals surface area contributed by atoms with Crippen molar-refractivity contribution in [2.24, 2.45) is 5.84 Å². The minimum atomic E-state index is -0.666. The molecule has 1 heterocycles. The van der Waals surface area contributed by atoms with Crippen LogP contribution in [0, 0.1) is 10.1 Å². The second kappa shape index (κ2) is 5.80. The van der Waals surface area contributed by atoms with Gasteiger partial charge in [-0.15, -0.1) is 0 Å². The van der Waals surface area contributed by atoms with Crippen molar-refractivity contribution < 1.29 is 14.2 Å². The highest BCUT2D eigenvalue weighted by Gasteiger charge is 2.24. The predicted molar refractivity (Wildman–Crippen MR) is 68.6 cm³/mol. The molecule has 20 heavy (non-hydrogen) atoms. The quantitative estimate of drug-likeness (QED) is 0.417. The number of anilines is 1. The number of hydrazine groups is 1. The molecule has 0 spiro atoms. The molecule has 0 unspecified atom stereocenters. The fourth-order valence-electron chi connectivity index (χ4n) is 1.63. The van der Waals surface area contributed by atoms with Gasteiger partial charge in [0.2, 0.25) is 0 Å². The molecule has 0 fully saturated rings. The van der Waals surface area contributed by atoms with Crippen LogP contribution >= 0.6 is 0 Å². The number of amides is 1. The van der Waals surface area contributed by atoms with Crippen molar-refractivity contribution in [3.05, 3.63) is 51.9 Å². The van der Waals surface area contributed by atoms with Gasteiger partial charge in [-0.25, -0.2) is 0 Å².